The molecular formula is C24H25N5O3. The zero-order valence-electron chi connectivity index (χ0n) is 18.6. The summed E-state index contributed by atoms with van der Waals surface area (Å²) in [6.45, 7) is 2.05. The highest BCUT2D eigenvalue weighted by molar-refractivity contribution is 5.83. The summed E-state index contributed by atoms with van der Waals surface area (Å²) in [5, 5.41) is 0.980. The maximum atomic E-state index is 11.9. The minimum Gasteiger partial charge on any atom is -0.484 e. The summed E-state index contributed by atoms with van der Waals surface area (Å²) >= 11 is 0. The average Bonchev–Trinajstić information content (AvgIpc) is 3.26. The van der Waals surface area contributed by atoms with Crippen LogP contribution in [-0.4, -0.2) is 58.1 Å². The van der Waals surface area contributed by atoms with E-state index in [-0.39, 0.29) is 12.5 Å². The molecule has 1 aromatic carbocycles. The molecule has 0 atom stereocenters. The molecule has 0 unspecified atom stereocenters. The first-order valence-electron chi connectivity index (χ1n) is 10.3. The molecule has 0 saturated heterocycles. The Labute approximate surface area is 186 Å². The molecule has 164 valence electrons. The molecule has 0 N–H and O–H groups in total. The van der Waals surface area contributed by atoms with Gasteiger partial charge in [0.25, 0.3) is 5.91 Å². The van der Waals surface area contributed by atoms with Gasteiger partial charge in [-0.05, 0) is 36.8 Å². The molecule has 4 aromatic rings. The number of carbonyl (C=O) groups is 1. The fourth-order valence-electron chi connectivity index (χ4n) is 3.40. The highest BCUT2D eigenvalue weighted by Crippen LogP contribution is 2.29. The van der Waals surface area contributed by atoms with Crippen LogP contribution in [0.15, 0.2) is 54.9 Å². The zero-order chi connectivity index (χ0) is 22.7. The third kappa shape index (κ3) is 4.12. The molecule has 0 spiro atoms. The quantitative estimate of drug-likeness (QED) is 0.445. The molecule has 4 rings (SSSR count). The van der Waals surface area contributed by atoms with E-state index in [2.05, 4.69) is 11.9 Å². The van der Waals surface area contributed by atoms with Gasteiger partial charge in [-0.15, -0.1) is 0 Å². The number of aryl methyl sites for hydroxylation is 1. The van der Waals surface area contributed by atoms with Crippen molar-refractivity contribution >= 4 is 16.9 Å². The van der Waals surface area contributed by atoms with Gasteiger partial charge in [0.1, 0.15) is 11.4 Å². The second-order valence-electron chi connectivity index (χ2n) is 7.40. The van der Waals surface area contributed by atoms with E-state index < -0.39 is 0 Å². The summed E-state index contributed by atoms with van der Waals surface area (Å²) in [5.74, 6) is 1.55. The van der Waals surface area contributed by atoms with Gasteiger partial charge in [0, 0.05) is 37.9 Å². The van der Waals surface area contributed by atoms with Crippen LogP contribution in [0.25, 0.3) is 28.1 Å². The molecule has 0 radical (unpaired) electrons. The lowest BCUT2D eigenvalue weighted by Crippen LogP contribution is -2.27. The Bertz CT molecular complexity index is 1270. The van der Waals surface area contributed by atoms with Gasteiger partial charge in [-0.1, -0.05) is 13.0 Å². The second-order valence-corrected chi connectivity index (χ2v) is 7.40. The molecule has 0 aliphatic rings. The van der Waals surface area contributed by atoms with Crippen molar-refractivity contribution in [1.29, 1.82) is 0 Å². The van der Waals surface area contributed by atoms with Crippen LogP contribution in [0.5, 0.6) is 11.6 Å². The summed E-state index contributed by atoms with van der Waals surface area (Å²) in [6.07, 6.45) is 4.40. The molecular weight excluding hydrogens is 406 g/mol. The van der Waals surface area contributed by atoms with E-state index in [1.54, 1.807) is 27.4 Å². The van der Waals surface area contributed by atoms with Crippen molar-refractivity contribution < 1.29 is 14.3 Å². The lowest BCUT2D eigenvalue weighted by molar-refractivity contribution is -0.130. The van der Waals surface area contributed by atoms with E-state index >= 15 is 0 Å². The third-order valence-corrected chi connectivity index (χ3v) is 5.12. The van der Waals surface area contributed by atoms with Crippen LogP contribution in [0.3, 0.4) is 0 Å². The summed E-state index contributed by atoms with van der Waals surface area (Å²) < 4.78 is 13.1. The molecule has 0 bridgehead atoms. The van der Waals surface area contributed by atoms with E-state index in [4.69, 9.17) is 19.4 Å². The van der Waals surface area contributed by atoms with E-state index in [1.807, 2.05) is 53.2 Å². The van der Waals surface area contributed by atoms with Gasteiger partial charge in [-0.2, -0.15) is 0 Å². The number of hydrogen-bond donors (Lipinski definition) is 0. The lowest BCUT2D eigenvalue weighted by Gasteiger charge is -2.13. The molecule has 0 aliphatic heterocycles. The average molecular weight is 431 g/mol. The number of fused-ring (bicyclic) bond motifs is 1. The van der Waals surface area contributed by atoms with Crippen LogP contribution in [0.2, 0.25) is 0 Å². The van der Waals surface area contributed by atoms with Crippen molar-refractivity contribution in [3.8, 4) is 28.7 Å². The molecule has 0 saturated carbocycles. The summed E-state index contributed by atoms with van der Waals surface area (Å²) in [7, 11) is 4.99. The number of amides is 1. The highest BCUT2D eigenvalue weighted by Gasteiger charge is 2.16. The summed E-state index contributed by atoms with van der Waals surface area (Å²) in [5.41, 5.74) is 3.33. The summed E-state index contributed by atoms with van der Waals surface area (Å²) in [4.78, 5) is 27.3. The number of benzene rings is 1. The standard InChI is InChI=1S/C24H25N5O3/c1-5-20-18-11-13-29(16-8-6-9-17(14-16)32-15-21(30)28(2)3)23(18)27-22(26-20)19-10-7-12-25-24(19)31-4/h6-14H,5,15H2,1-4H3. The lowest BCUT2D eigenvalue weighted by atomic mass is 10.2. The number of carbonyl (C=O) groups excluding carboxylic acids is 1. The molecule has 1 amide bonds. The number of aromatic nitrogens is 4. The first kappa shape index (κ1) is 21.3. The van der Waals surface area contributed by atoms with Crippen molar-refractivity contribution in [3.63, 3.8) is 0 Å². The van der Waals surface area contributed by atoms with Crippen molar-refractivity contribution in [2.45, 2.75) is 13.3 Å². The fourth-order valence-corrected chi connectivity index (χ4v) is 3.40. The number of methoxy groups -OCH3 is 1. The Morgan fingerprint density at radius 1 is 1.12 bits per heavy atom. The van der Waals surface area contributed by atoms with Gasteiger partial charge in [0.2, 0.25) is 5.88 Å². The normalized spacial score (nSPS) is 10.9. The Morgan fingerprint density at radius 2 is 1.97 bits per heavy atom. The Hall–Kier alpha value is -3.94. The predicted octanol–water partition coefficient (Wildman–Crippen LogP) is 3.52. The van der Waals surface area contributed by atoms with Gasteiger partial charge in [0.15, 0.2) is 12.4 Å². The summed E-state index contributed by atoms with van der Waals surface area (Å²) in [6, 6.07) is 13.3. The van der Waals surface area contributed by atoms with Gasteiger partial charge in [-0.3, -0.25) is 4.79 Å². The zero-order valence-corrected chi connectivity index (χ0v) is 18.6. The SMILES string of the molecule is CCc1nc(-c2cccnc2OC)nc2c1ccn2-c1cccc(OCC(=O)N(C)C)c1. The predicted molar refractivity (Wildman–Crippen MR) is 122 cm³/mol. The van der Waals surface area contributed by atoms with E-state index in [0.29, 0.717) is 17.5 Å². The molecule has 3 heterocycles. The number of nitrogens with zero attached hydrogens (tertiary/aromatic N) is 5. The number of hydrogen-bond acceptors (Lipinski definition) is 6. The van der Waals surface area contributed by atoms with Crippen LogP contribution in [-0.2, 0) is 11.2 Å². The van der Waals surface area contributed by atoms with Crippen molar-refractivity contribution in [1.82, 2.24) is 24.4 Å². The number of likely N-dealkylation sites (N-methyl/N-ethyl adjacent to an activating group) is 1. The molecule has 0 aliphatic carbocycles. The maximum absolute atomic E-state index is 11.9. The van der Waals surface area contributed by atoms with Crippen molar-refractivity contribution in [3.05, 3.63) is 60.6 Å². The van der Waals surface area contributed by atoms with Gasteiger partial charge in [0.05, 0.1) is 24.1 Å². The fraction of sp³-hybridized carbons (Fsp3) is 0.250. The van der Waals surface area contributed by atoms with Crippen molar-refractivity contribution in [2.75, 3.05) is 27.8 Å². The van der Waals surface area contributed by atoms with Crippen LogP contribution in [0.1, 0.15) is 12.6 Å². The van der Waals surface area contributed by atoms with E-state index in [9.17, 15) is 4.79 Å². The Morgan fingerprint density at radius 3 is 2.72 bits per heavy atom. The van der Waals surface area contributed by atoms with E-state index in [0.717, 1.165) is 34.4 Å². The first-order chi connectivity index (χ1) is 15.5. The van der Waals surface area contributed by atoms with Gasteiger partial charge >= 0.3 is 0 Å². The van der Waals surface area contributed by atoms with Gasteiger partial charge in [-0.25, -0.2) is 15.0 Å². The number of pyridine rings is 1. The largest absolute Gasteiger partial charge is 0.484 e. The van der Waals surface area contributed by atoms with Crippen LogP contribution in [0.4, 0.5) is 0 Å². The molecule has 8 nitrogen and oxygen atoms in total. The monoisotopic (exact) mass is 431 g/mol. The number of ether oxygens (including phenoxy) is 2. The minimum absolute atomic E-state index is 0.0179. The number of rotatable bonds is 7. The van der Waals surface area contributed by atoms with E-state index in [1.165, 1.54) is 4.90 Å². The first-order valence-corrected chi connectivity index (χ1v) is 10.3. The maximum Gasteiger partial charge on any atom is 0.259 e. The van der Waals surface area contributed by atoms with Gasteiger partial charge < -0.3 is 18.9 Å². The smallest absolute Gasteiger partial charge is 0.259 e. The van der Waals surface area contributed by atoms with Crippen LogP contribution in [0, 0.1) is 0 Å². The molecule has 8 heteroatoms. The minimum atomic E-state index is -0.0998. The van der Waals surface area contributed by atoms with Crippen molar-refractivity contribution in [2.24, 2.45) is 0 Å². The third-order valence-electron chi connectivity index (χ3n) is 5.12. The second kappa shape index (κ2) is 9.05. The molecule has 32 heavy (non-hydrogen) atoms. The Balaban J connectivity index is 1.78. The molecule has 0 fully saturated rings. The van der Waals surface area contributed by atoms with Crippen LogP contribution < -0.4 is 9.47 Å². The Kier molecular flexibility index (Phi) is 6.02. The molecule has 3 aromatic heterocycles. The highest BCUT2D eigenvalue weighted by atomic mass is 16.5. The topological polar surface area (TPSA) is 82.4 Å². The van der Waals surface area contributed by atoms with Crippen LogP contribution >= 0.6 is 0 Å².